The Morgan fingerprint density at radius 2 is 1.79 bits per heavy atom. The normalized spacial score (nSPS) is 15.6. The number of primary amides is 1. The summed E-state index contributed by atoms with van der Waals surface area (Å²) >= 11 is 6.17. The number of nitrogens with two attached hydrogens (primary N) is 1. The Hall–Kier alpha value is -3.77. The third-order valence-corrected chi connectivity index (χ3v) is 6.51. The molecule has 1 aliphatic rings. The van der Waals surface area contributed by atoms with E-state index in [1.807, 2.05) is 30.3 Å². The first kappa shape index (κ1) is 22.0. The molecule has 34 heavy (non-hydrogen) atoms. The topological polar surface area (TPSA) is 76.3 Å². The van der Waals surface area contributed by atoms with Crippen LogP contribution in [0.3, 0.4) is 0 Å². The first-order valence-electron chi connectivity index (χ1n) is 10.9. The first-order valence-corrected chi connectivity index (χ1v) is 11.3. The smallest absolute Gasteiger partial charge is 0.256 e. The van der Waals surface area contributed by atoms with E-state index in [1.54, 1.807) is 36.4 Å². The van der Waals surface area contributed by atoms with Gasteiger partial charge in [-0.05, 0) is 53.8 Å². The highest BCUT2D eigenvalue weighted by molar-refractivity contribution is 6.30. The minimum Gasteiger partial charge on any atom is -0.368 e. The fourth-order valence-electron chi connectivity index (χ4n) is 4.78. The van der Waals surface area contributed by atoms with Crippen molar-refractivity contribution in [3.8, 4) is 0 Å². The van der Waals surface area contributed by atoms with Crippen LogP contribution in [0, 0.1) is 5.82 Å². The molecular formula is C27H21ClFN3O2. The minimum atomic E-state index is -1.06. The number of pyridine rings is 1. The van der Waals surface area contributed by atoms with Gasteiger partial charge in [0.15, 0.2) is 0 Å². The van der Waals surface area contributed by atoms with E-state index in [9.17, 15) is 14.0 Å². The van der Waals surface area contributed by atoms with Crippen LogP contribution in [0.15, 0.2) is 79.0 Å². The Bertz CT molecular complexity index is 1410. The second-order valence-corrected chi connectivity index (χ2v) is 8.79. The first-order chi connectivity index (χ1) is 16.4. The maximum Gasteiger partial charge on any atom is 0.256 e. The summed E-state index contributed by atoms with van der Waals surface area (Å²) in [6.07, 6.45) is 2.36. The lowest BCUT2D eigenvalue weighted by molar-refractivity contribution is -0.123. The quantitative estimate of drug-likeness (QED) is 0.422. The largest absolute Gasteiger partial charge is 0.368 e. The number of carbonyl (C=O) groups excluding carboxylic acids is 2. The SMILES string of the molecule is NC(=O)[C@@H](c1ccccc1)N(C(=O)c1cnc2ccccc2c1)[C@@H]1CCc2c(F)cc(Cl)cc21. The van der Waals surface area contributed by atoms with E-state index in [0.29, 0.717) is 35.1 Å². The number of carbonyl (C=O) groups is 2. The number of benzene rings is 3. The molecule has 0 fully saturated rings. The van der Waals surface area contributed by atoms with E-state index < -0.39 is 29.7 Å². The Morgan fingerprint density at radius 1 is 1.06 bits per heavy atom. The van der Waals surface area contributed by atoms with E-state index >= 15 is 0 Å². The van der Waals surface area contributed by atoms with Gasteiger partial charge in [-0.15, -0.1) is 0 Å². The number of nitrogens with zero attached hydrogens (tertiary/aromatic N) is 2. The highest BCUT2D eigenvalue weighted by atomic mass is 35.5. The molecule has 2 amide bonds. The number of aromatic nitrogens is 1. The van der Waals surface area contributed by atoms with Gasteiger partial charge >= 0.3 is 0 Å². The molecule has 2 N–H and O–H groups in total. The molecule has 1 heterocycles. The minimum absolute atomic E-state index is 0.234. The predicted octanol–water partition coefficient (Wildman–Crippen LogP) is 5.38. The molecule has 0 saturated heterocycles. The zero-order chi connectivity index (χ0) is 23.8. The summed E-state index contributed by atoms with van der Waals surface area (Å²) in [6.45, 7) is 0. The third-order valence-electron chi connectivity index (χ3n) is 6.29. The summed E-state index contributed by atoms with van der Waals surface area (Å²) in [5.74, 6) is -1.51. The fourth-order valence-corrected chi connectivity index (χ4v) is 5.00. The van der Waals surface area contributed by atoms with E-state index in [0.717, 1.165) is 10.9 Å². The zero-order valence-electron chi connectivity index (χ0n) is 18.1. The highest BCUT2D eigenvalue weighted by Gasteiger charge is 2.40. The monoisotopic (exact) mass is 473 g/mol. The van der Waals surface area contributed by atoms with Crippen molar-refractivity contribution >= 4 is 34.3 Å². The molecule has 2 atom stereocenters. The van der Waals surface area contributed by atoms with Crippen LogP contribution in [0.4, 0.5) is 4.39 Å². The van der Waals surface area contributed by atoms with E-state index in [2.05, 4.69) is 4.98 Å². The summed E-state index contributed by atoms with van der Waals surface area (Å²) in [6, 6.07) is 19.4. The molecule has 0 radical (unpaired) electrons. The van der Waals surface area contributed by atoms with Crippen molar-refractivity contribution in [2.24, 2.45) is 5.73 Å². The lowest BCUT2D eigenvalue weighted by Crippen LogP contribution is -2.43. The average molecular weight is 474 g/mol. The maximum atomic E-state index is 14.7. The highest BCUT2D eigenvalue weighted by Crippen LogP contribution is 2.43. The molecule has 7 heteroatoms. The average Bonchev–Trinajstić information content (AvgIpc) is 3.25. The fraction of sp³-hybridized carbons (Fsp3) is 0.148. The molecular weight excluding hydrogens is 453 g/mol. The van der Waals surface area contributed by atoms with Gasteiger partial charge in [-0.25, -0.2) is 4.39 Å². The maximum absolute atomic E-state index is 14.7. The van der Waals surface area contributed by atoms with Crippen LogP contribution in [-0.4, -0.2) is 21.7 Å². The molecule has 0 saturated carbocycles. The Morgan fingerprint density at radius 3 is 2.56 bits per heavy atom. The molecule has 0 spiro atoms. The van der Waals surface area contributed by atoms with E-state index in [4.69, 9.17) is 17.3 Å². The Balaban J connectivity index is 1.67. The van der Waals surface area contributed by atoms with E-state index in [-0.39, 0.29) is 5.02 Å². The molecule has 0 bridgehead atoms. The standard InChI is InChI=1S/C27H21ClFN3O2/c28-19-13-21-20(22(29)14-19)10-11-24(21)32(25(26(30)33)16-6-2-1-3-7-16)27(34)18-12-17-8-4-5-9-23(17)31-15-18/h1-9,12-15,24-25H,10-11H2,(H2,30,33)/t24-,25-/m1/s1. The predicted molar refractivity (Wildman–Crippen MR) is 129 cm³/mol. The summed E-state index contributed by atoms with van der Waals surface area (Å²) in [4.78, 5) is 32.7. The molecule has 1 aromatic heterocycles. The van der Waals surface area contributed by atoms with Crippen molar-refractivity contribution in [1.82, 2.24) is 9.88 Å². The van der Waals surface area contributed by atoms with Crippen LogP contribution >= 0.6 is 11.6 Å². The molecule has 1 aliphatic carbocycles. The van der Waals surface area contributed by atoms with Gasteiger partial charge in [-0.2, -0.15) is 0 Å². The van der Waals surface area contributed by atoms with Crippen molar-refractivity contribution in [2.45, 2.75) is 24.9 Å². The van der Waals surface area contributed by atoms with Gasteiger partial charge in [0.25, 0.3) is 5.91 Å². The molecule has 170 valence electrons. The number of hydrogen-bond donors (Lipinski definition) is 1. The number of hydrogen-bond acceptors (Lipinski definition) is 3. The third kappa shape index (κ3) is 3.90. The van der Waals surface area contributed by atoms with Gasteiger partial charge < -0.3 is 10.6 Å². The lowest BCUT2D eigenvalue weighted by atomic mass is 9.98. The summed E-state index contributed by atoms with van der Waals surface area (Å²) < 4.78 is 14.7. The molecule has 5 nitrogen and oxygen atoms in total. The van der Waals surface area contributed by atoms with Crippen LogP contribution < -0.4 is 5.73 Å². The van der Waals surface area contributed by atoms with Crippen LogP contribution in [0.5, 0.6) is 0 Å². The van der Waals surface area contributed by atoms with Gasteiger partial charge in [0, 0.05) is 16.6 Å². The van der Waals surface area contributed by atoms with Crippen molar-refractivity contribution in [2.75, 3.05) is 0 Å². The number of fused-ring (bicyclic) bond motifs is 2. The van der Waals surface area contributed by atoms with Crippen molar-refractivity contribution in [3.63, 3.8) is 0 Å². The molecule has 0 aliphatic heterocycles. The Kier molecular flexibility index (Phi) is 5.75. The lowest BCUT2D eigenvalue weighted by Gasteiger charge is -2.36. The van der Waals surface area contributed by atoms with Crippen molar-refractivity contribution in [1.29, 1.82) is 0 Å². The number of para-hydroxylation sites is 1. The summed E-state index contributed by atoms with van der Waals surface area (Å²) in [5, 5.41) is 1.03. The molecule has 0 unspecified atom stereocenters. The van der Waals surface area contributed by atoms with Gasteiger partial charge in [-0.3, -0.25) is 14.6 Å². The summed E-state index contributed by atoms with van der Waals surface area (Å²) in [5.41, 5.74) is 8.61. The number of rotatable bonds is 5. The number of amides is 2. The summed E-state index contributed by atoms with van der Waals surface area (Å²) in [7, 11) is 0. The van der Waals surface area contributed by atoms with Crippen LogP contribution in [0.1, 0.15) is 45.6 Å². The van der Waals surface area contributed by atoms with Crippen LogP contribution in [0.2, 0.25) is 5.02 Å². The molecule has 5 rings (SSSR count). The second-order valence-electron chi connectivity index (χ2n) is 8.35. The van der Waals surface area contributed by atoms with Gasteiger partial charge in [0.1, 0.15) is 11.9 Å². The Labute approximate surface area is 201 Å². The van der Waals surface area contributed by atoms with Gasteiger partial charge in [-0.1, -0.05) is 60.1 Å². The number of halogens is 2. The zero-order valence-corrected chi connectivity index (χ0v) is 18.9. The molecule has 3 aromatic carbocycles. The van der Waals surface area contributed by atoms with Crippen LogP contribution in [-0.2, 0) is 11.2 Å². The molecule has 4 aromatic rings. The van der Waals surface area contributed by atoms with Crippen molar-refractivity contribution in [3.05, 3.63) is 112 Å². The van der Waals surface area contributed by atoms with E-state index in [1.165, 1.54) is 17.2 Å². The van der Waals surface area contributed by atoms with Crippen LogP contribution in [0.25, 0.3) is 10.9 Å². The van der Waals surface area contributed by atoms with Crippen molar-refractivity contribution < 1.29 is 14.0 Å². The van der Waals surface area contributed by atoms with Gasteiger partial charge in [0.2, 0.25) is 5.91 Å². The second kappa shape index (κ2) is 8.88. The van der Waals surface area contributed by atoms with Gasteiger partial charge in [0.05, 0.1) is 17.1 Å².